The van der Waals surface area contributed by atoms with Crippen LogP contribution in [0.15, 0.2) is 11.5 Å². The Morgan fingerprint density at radius 3 is 1.21 bits per heavy atom. The largest absolute Gasteiger partial charge is 0.394 e. The summed E-state index contributed by atoms with van der Waals surface area (Å²) in [6.07, 6.45) is 2.16. The maximum atomic E-state index is 8.45. The predicted molar refractivity (Wildman–Crippen MR) is 97.5 cm³/mol. The molecule has 0 spiro atoms. The van der Waals surface area contributed by atoms with Crippen LogP contribution in [-0.2, 0) is 23.7 Å². The van der Waals surface area contributed by atoms with E-state index in [9.17, 15) is 0 Å². The van der Waals surface area contributed by atoms with Crippen LogP contribution in [0.25, 0.3) is 0 Å². The Morgan fingerprint density at radius 1 is 0.625 bits per heavy atom. The van der Waals surface area contributed by atoms with Crippen molar-refractivity contribution >= 4 is 21.6 Å². The fraction of sp³-hybridized carbons (Fsp3) is 0.867. The Labute approximate surface area is 152 Å². The van der Waals surface area contributed by atoms with Gasteiger partial charge in [-0.2, -0.15) is 0 Å². The lowest BCUT2D eigenvalue weighted by molar-refractivity contribution is -0.0151. The fourth-order valence-corrected chi connectivity index (χ4v) is 2.88. The molecule has 0 aromatic heterocycles. The normalized spacial score (nSPS) is 13.1. The molecule has 24 heavy (non-hydrogen) atoms. The minimum atomic E-state index is 0.0359. The summed E-state index contributed by atoms with van der Waals surface area (Å²) in [6.45, 7) is 4.80. The molecule has 0 bridgehead atoms. The van der Waals surface area contributed by atoms with Gasteiger partial charge in [-0.25, -0.2) is 0 Å². The molecule has 0 aromatic rings. The van der Waals surface area contributed by atoms with Gasteiger partial charge < -0.3 is 33.9 Å². The van der Waals surface area contributed by atoms with E-state index in [1.165, 1.54) is 5.75 Å². The van der Waals surface area contributed by atoms with Gasteiger partial charge in [-0.3, -0.25) is 0 Å². The number of hydrogen-bond donors (Lipinski definition) is 2. The van der Waals surface area contributed by atoms with Crippen molar-refractivity contribution in [1.82, 2.24) is 0 Å². The van der Waals surface area contributed by atoms with Crippen LogP contribution < -0.4 is 0 Å². The van der Waals surface area contributed by atoms with E-state index in [1.807, 2.05) is 21.6 Å². The molecule has 1 heterocycles. The topological polar surface area (TPSA) is 86.6 Å². The SMILES string of the molecule is C1=CSSC1.OCCOCCOCCOCCOCCOCCO. The van der Waals surface area contributed by atoms with E-state index in [0.29, 0.717) is 66.1 Å². The maximum Gasteiger partial charge on any atom is 0.0701 e. The third-order valence-corrected chi connectivity index (χ3v) is 4.26. The van der Waals surface area contributed by atoms with E-state index in [-0.39, 0.29) is 13.2 Å². The molecule has 0 radical (unpaired) electrons. The molecule has 0 saturated heterocycles. The summed E-state index contributed by atoms with van der Waals surface area (Å²) in [6, 6.07) is 0. The third kappa shape index (κ3) is 22.2. The summed E-state index contributed by atoms with van der Waals surface area (Å²) >= 11 is 0. The van der Waals surface area contributed by atoms with Crippen LogP contribution in [-0.4, -0.2) is 95.2 Å². The minimum absolute atomic E-state index is 0.0359. The zero-order valence-corrected chi connectivity index (χ0v) is 15.7. The molecule has 0 aromatic carbocycles. The average Bonchev–Trinajstić information content (AvgIpc) is 3.18. The van der Waals surface area contributed by atoms with Gasteiger partial charge in [0, 0.05) is 5.75 Å². The Hall–Kier alpha value is 0.160. The number of rotatable bonds is 16. The van der Waals surface area contributed by atoms with Crippen LogP contribution in [0.3, 0.4) is 0 Å². The molecule has 1 rings (SSSR count). The first-order valence-corrected chi connectivity index (χ1v) is 10.3. The van der Waals surface area contributed by atoms with Gasteiger partial charge in [0.05, 0.1) is 79.3 Å². The lowest BCUT2D eigenvalue weighted by Crippen LogP contribution is -2.14. The van der Waals surface area contributed by atoms with Crippen molar-refractivity contribution in [3.05, 3.63) is 11.5 Å². The summed E-state index contributed by atoms with van der Waals surface area (Å²) in [4.78, 5) is 0. The van der Waals surface area contributed by atoms with Gasteiger partial charge in [0.1, 0.15) is 0 Å². The summed E-state index contributed by atoms with van der Waals surface area (Å²) in [5, 5.41) is 19.0. The van der Waals surface area contributed by atoms with Crippen molar-refractivity contribution in [3.8, 4) is 0 Å². The van der Waals surface area contributed by atoms with Gasteiger partial charge in [-0.05, 0) is 5.41 Å². The van der Waals surface area contributed by atoms with E-state index in [4.69, 9.17) is 33.9 Å². The summed E-state index contributed by atoms with van der Waals surface area (Å²) in [5.41, 5.74) is 0. The van der Waals surface area contributed by atoms with E-state index in [1.54, 1.807) is 0 Å². The molecule has 7 nitrogen and oxygen atoms in total. The number of hydrogen-bond acceptors (Lipinski definition) is 9. The highest BCUT2D eigenvalue weighted by Crippen LogP contribution is 2.27. The van der Waals surface area contributed by atoms with Gasteiger partial charge in [0.15, 0.2) is 0 Å². The average molecular weight is 387 g/mol. The van der Waals surface area contributed by atoms with Crippen molar-refractivity contribution in [2.75, 3.05) is 85.0 Å². The van der Waals surface area contributed by atoms with Crippen molar-refractivity contribution < 1.29 is 33.9 Å². The van der Waals surface area contributed by atoms with E-state index in [2.05, 4.69) is 11.5 Å². The van der Waals surface area contributed by atoms with E-state index >= 15 is 0 Å². The highest BCUT2D eigenvalue weighted by atomic mass is 33.1. The Morgan fingerprint density at radius 2 is 1.00 bits per heavy atom. The number of aliphatic hydroxyl groups is 2. The predicted octanol–water partition coefficient (Wildman–Crippen LogP) is 0.949. The first-order valence-electron chi connectivity index (χ1n) is 7.95. The van der Waals surface area contributed by atoms with Crippen LogP contribution in [0, 0.1) is 0 Å². The standard InChI is InChI=1S/C12H26O7.C3H4S2/c13-1-3-15-5-7-17-9-11-19-12-10-18-8-6-16-4-2-14;1-2-4-5-3-1/h13-14H,1-12H2;1-2H,3H2. The van der Waals surface area contributed by atoms with Gasteiger partial charge >= 0.3 is 0 Å². The molecule has 1 aliphatic heterocycles. The van der Waals surface area contributed by atoms with E-state index < -0.39 is 0 Å². The van der Waals surface area contributed by atoms with Gasteiger partial charge in [0.25, 0.3) is 0 Å². The highest BCUT2D eigenvalue weighted by molar-refractivity contribution is 8.78. The molecular formula is C15H30O7S2. The van der Waals surface area contributed by atoms with Crippen molar-refractivity contribution in [2.45, 2.75) is 0 Å². The van der Waals surface area contributed by atoms with Gasteiger partial charge in [0.2, 0.25) is 0 Å². The highest BCUT2D eigenvalue weighted by Gasteiger charge is 1.93. The molecule has 0 unspecified atom stereocenters. The first kappa shape index (κ1) is 24.2. The lowest BCUT2D eigenvalue weighted by Gasteiger charge is -2.07. The van der Waals surface area contributed by atoms with E-state index in [0.717, 1.165) is 0 Å². The molecule has 2 N–H and O–H groups in total. The molecule has 144 valence electrons. The lowest BCUT2D eigenvalue weighted by atomic mass is 10.7. The second-order valence-corrected chi connectivity index (χ2v) is 6.58. The third-order valence-electron chi connectivity index (χ3n) is 2.34. The van der Waals surface area contributed by atoms with Crippen molar-refractivity contribution in [3.63, 3.8) is 0 Å². The Kier molecular flexibility index (Phi) is 23.3. The molecule has 0 fully saturated rings. The second kappa shape index (κ2) is 23.2. The summed E-state index contributed by atoms with van der Waals surface area (Å²) < 4.78 is 25.8. The van der Waals surface area contributed by atoms with Crippen LogP contribution in [0.5, 0.6) is 0 Å². The van der Waals surface area contributed by atoms with Crippen LogP contribution >= 0.6 is 21.6 Å². The van der Waals surface area contributed by atoms with Gasteiger partial charge in [-0.15, -0.1) is 0 Å². The fourth-order valence-electron chi connectivity index (χ4n) is 1.31. The van der Waals surface area contributed by atoms with Crippen molar-refractivity contribution in [1.29, 1.82) is 0 Å². The Bertz CT molecular complexity index is 236. The molecule has 9 heteroatoms. The monoisotopic (exact) mass is 386 g/mol. The second-order valence-electron chi connectivity index (χ2n) is 4.26. The zero-order chi connectivity index (χ0) is 17.6. The molecular weight excluding hydrogens is 356 g/mol. The minimum Gasteiger partial charge on any atom is -0.394 e. The molecule has 0 aliphatic carbocycles. The smallest absolute Gasteiger partial charge is 0.0701 e. The van der Waals surface area contributed by atoms with Gasteiger partial charge in [-0.1, -0.05) is 27.7 Å². The summed E-state index contributed by atoms with van der Waals surface area (Å²) in [5.74, 6) is 1.20. The molecule has 0 atom stereocenters. The number of aliphatic hydroxyl groups excluding tert-OH is 2. The van der Waals surface area contributed by atoms with Crippen LogP contribution in [0.4, 0.5) is 0 Å². The van der Waals surface area contributed by atoms with Crippen LogP contribution in [0.1, 0.15) is 0 Å². The first-order chi connectivity index (χ1) is 11.9. The molecule has 0 amide bonds. The molecule has 1 aliphatic rings. The molecule has 0 saturated carbocycles. The van der Waals surface area contributed by atoms with Crippen molar-refractivity contribution in [2.24, 2.45) is 0 Å². The number of ether oxygens (including phenoxy) is 5. The summed E-state index contributed by atoms with van der Waals surface area (Å²) in [7, 11) is 3.69. The Balaban J connectivity index is 0.000000889. The quantitative estimate of drug-likeness (QED) is 0.297. The van der Waals surface area contributed by atoms with Crippen LogP contribution in [0.2, 0.25) is 0 Å². The maximum absolute atomic E-state index is 8.45. The zero-order valence-electron chi connectivity index (χ0n) is 14.1.